The Morgan fingerprint density at radius 3 is 1.21 bits per heavy atom. The molecule has 0 spiro atoms. The number of hydrogen-bond donors (Lipinski definition) is 0. The van der Waals surface area contributed by atoms with Gasteiger partial charge in [-0.25, -0.2) is 0 Å². The zero-order valence-electron chi connectivity index (χ0n) is 20.2. The minimum absolute atomic E-state index is 1.08. The second-order valence-electron chi connectivity index (χ2n) is 9.60. The first-order valence-corrected chi connectivity index (χ1v) is 15.3. The lowest BCUT2D eigenvalue weighted by Crippen LogP contribution is -1.93. The minimum atomic E-state index is 1.08. The van der Waals surface area contributed by atoms with E-state index in [4.69, 9.17) is 0 Å². The van der Waals surface area contributed by atoms with Crippen molar-refractivity contribution in [3.8, 4) is 22.3 Å². The molecule has 0 radical (unpaired) electrons. The number of fused-ring (bicyclic) bond motifs is 7. The van der Waals surface area contributed by atoms with Gasteiger partial charge in [0.05, 0.1) is 11.0 Å². The summed E-state index contributed by atoms with van der Waals surface area (Å²) in [4.78, 5) is 0. The first kappa shape index (κ1) is 24.6. The zero-order valence-corrected chi connectivity index (χ0v) is 26.5. The fourth-order valence-electron chi connectivity index (χ4n) is 5.73. The summed E-state index contributed by atoms with van der Waals surface area (Å²) < 4.78 is 6.71. The van der Waals surface area contributed by atoms with Crippen LogP contribution in [-0.2, 0) is 7.05 Å². The quantitative estimate of drug-likeness (QED) is 0.166. The summed E-state index contributed by atoms with van der Waals surface area (Å²) in [6.07, 6.45) is 0. The third-order valence-electron chi connectivity index (χ3n) is 7.38. The molecule has 0 atom stereocenters. The molecular formula is C33H19Br4N. The number of benzene rings is 6. The van der Waals surface area contributed by atoms with Gasteiger partial charge in [0.25, 0.3) is 0 Å². The van der Waals surface area contributed by atoms with Gasteiger partial charge in [-0.15, -0.1) is 0 Å². The van der Waals surface area contributed by atoms with E-state index in [1.807, 2.05) is 0 Å². The molecule has 0 saturated heterocycles. The van der Waals surface area contributed by atoms with Crippen LogP contribution in [0.3, 0.4) is 0 Å². The molecule has 0 fully saturated rings. The van der Waals surface area contributed by atoms with Crippen molar-refractivity contribution < 1.29 is 0 Å². The normalized spacial score (nSPS) is 11.8. The van der Waals surface area contributed by atoms with E-state index in [9.17, 15) is 0 Å². The van der Waals surface area contributed by atoms with Gasteiger partial charge < -0.3 is 4.57 Å². The van der Waals surface area contributed by atoms with Crippen LogP contribution < -0.4 is 0 Å². The third kappa shape index (κ3) is 3.90. The van der Waals surface area contributed by atoms with Gasteiger partial charge in [0.2, 0.25) is 0 Å². The average molecular weight is 749 g/mol. The highest BCUT2D eigenvalue weighted by Gasteiger charge is 2.22. The molecule has 7 rings (SSSR count). The summed E-state index contributed by atoms with van der Waals surface area (Å²) in [5.74, 6) is 0. The highest BCUT2D eigenvalue weighted by atomic mass is 79.9. The topological polar surface area (TPSA) is 4.93 Å². The van der Waals surface area contributed by atoms with Crippen molar-refractivity contribution >= 4 is 107 Å². The Morgan fingerprint density at radius 1 is 0.447 bits per heavy atom. The predicted octanol–water partition coefficient (Wildman–Crippen LogP) is 12.0. The molecule has 1 nitrogen and oxygen atoms in total. The molecule has 7 aromatic rings. The summed E-state index contributed by atoms with van der Waals surface area (Å²) in [7, 11) is 2.21. The maximum absolute atomic E-state index is 3.76. The summed E-state index contributed by atoms with van der Waals surface area (Å²) in [5, 5.41) is 7.50. The van der Waals surface area contributed by atoms with Crippen LogP contribution in [0.5, 0.6) is 0 Å². The van der Waals surface area contributed by atoms with Crippen molar-refractivity contribution in [2.45, 2.75) is 0 Å². The first-order valence-electron chi connectivity index (χ1n) is 12.2. The number of nitrogens with zero attached hydrogens (tertiary/aromatic N) is 1. The Balaban J connectivity index is 1.78. The Morgan fingerprint density at radius 2 is 0.816 bits per heavy atom. The monoisotopic (exact) mass is 745 g/mol. The van der Waals surface area contributed by atoms with E-state index in [1.165, 1.54) is 65.6 Å². The van der Waals surface area contributed by atoms with E-state index in [0.29, 0.717) is 0 Å². The third-order valence-corrected chi connectivity index (χ3v) is 9.43. The Labute approximate surface area is 254 Å². The lowest BCUT2D eigenvalue weighted by Gasteiger charge is -2.11. The van der Waals surface area contributed by atoms with Gasteiger partial charge in [-0.3, -0.25) is 0 Å². The largest absolute Gasteiger partial charge is 0.343 e. The van der Waals surface area contributed by atoms with E-state index >= 15 is 0 Å². The second kappa shape index (κ2) is 9.34. The highest BCUT2D eigenvalue weighted by Crippen LogP contribution is 2.47. The SMILES string of the molecule is Cn1c2c(-c3ccc(Br)cc3)cc3ccc(Br)cc3c2c2c3cc(Br)ccc3cc(-c3ccc(Br)cc3)c21. The van der Waals surface area contributed by atoms with Crippen LogP contribution in [0, 0.1) is 0 Å². The minimum Gasteiger partial charge on any atom is -0.343 e. The molecule has 0 saturated carbocycles. The Kier molecular flexibility index (Phi) is 6.04. The van der Waals surface area contributed by atoms with E-state index in [-0.39, 0.29) is 0 Å². The van der Waals surface area contributed by atoms with Crippen LogP contribution in [0.1, 0.15) is 0 Å². The Hall–Kier alpha value is -2.44. The maximum Gasteiger partial charge on any atom is 0.0575 e. The van der Waals surface area contributed by atoms with Crippen LogP contribution in [0.25, 0.3) is 65.6 Å². The molecule has 0 bridgehead atoms. The maximum atomic E-state index is 3.76. The lowest BCUT2D eigenvalue weighted by atomic mass is 9.93. The fraction of sp³-hybridized carbons (Fsp3) is 0.0303. The van der Waals surface area contributed by atoms with Crippen LogP contribution in [0.2, 0.25) is 0 Å². The van der Waals surface area contributed by atoms with Crippen LogP contribution in [0.4, 0.5) is 0 Å². The molecule has 0 aliphatic rings. The smallest absolute Gasteiger partial charge is 0.0575 e. The van der Waals surface area contributed by atoms with E-state index in [2.05, 4.69) is 172 Å². The molecular weight excluding hydrogens is 730 g/mol. The molecule has 0 unspecified atom stereocenters. The predicted molar refractivity (Wildman–Crippen MR) is 177 cm³/mol. The van der Waals surface area contributed by atoms with Gasteiger partial charge >= 0.3 is 0 Å². The molecule has 184 valence electrons. The molecule has 0 aliphatic carbocycles. The van der Waals surface area contributed by atoms with Crippen molar-refractivity contribution in [1.82, 2.24) is 4.57 Å². The van der Waals surface area contributed by atoms with Gasteiger partial charge in [-0.05, 0) is 93.3 Å². The second-order valence-corrected chi connectivity index (χ2v) is 13.3. The van der Waals surface area contributed by atoms with Gasteiger partial charge in [0.1, 0.15) is 0 Å². The van der Waals surface area contributed by atoms with Crippen LogP contribution in [-0.4, -0.2) is 4.57 Å². The number of aryl methyl sites for hydroxylation is 1. The Bertz CT molecular complexity index is 1900. The van der Waals surface area contributed by atoms with E-state index < -0.39 is 0 Å². The van der Waals surface area contributed by atoms with Crippen LogP contribution in [0.15, 0.2) is 115 Å². The molecule has 1 aromatic heterocycles. The summed E-state index contributed by atoms with van der Waals surface area (Å²) in [5.41, 5.74) is 7.32. The molecule has 0 amide bonds. The summed E-state index contributed by atoms with van der Waals surface area (Å²) in [6, 6.07) is 35.2. The van der Waals surface area contributed by atoms with Crippen molar-refractivity contribution in [2.24, 2.45) is 7.05 Å². The van der Waals surface area contributed by atoms with Crippen LogP contribution >= 0.6 is 63.7 Å². The molecule has 5 heteroatoms. The van der Waals surface area contributed by atoms with Gasteiger partial charge in [-0.2, -0.15) is 0 Å². The molecule has 38 heavy (non-hydrogen) atoms. The van der Waals surface area contributed by atoms with Crippen molar-refractivity contribution in [1.29, 1.82) is 0 Å². The molecule has 1 heterocycles. The lowest BCUT2D eigenvalue weighted by molar-refractivity contribution is 1.02. The van der Waals surface area contributed by atoms with E-state index in [1.54, 1.807) is 0 Å². The molecule has 0 aliphatic heterocycles. The van der Waals surface area contributed by atoms with Crippen molar-refractivity contribution in [3.05, 3.63) is 115 Å². The molecule has 0 N–H and O–H groups in total. The van der Waals surface area contributed by atoms with E-state index in [0.717, 1.165) is 17.9 Å². The number of aromatic nitrogens is 1. The van der Waals surface area contributed by atoms with Gasteiger partial charge in [-0.1, -0.05) is 100 Å². The summed E-state index contributed by atoms with van der Waals surface area (Å²) in [6.45, 7) is 0. The molecule has 6 aromatic carbocycles. The van der Waals surface area contributed by atoms with Crippen molar-refractivity contribution in [2.75, 3.05) is 0 Å². The number of hydrogen-bond acceptors (Lipinski definition) is 0. The standard InChI is InChI=1S/C33H19Br4N/c1-38-32-28(18-2-8-22(34)9-3-18)14-20-6-12-24(36)16-26(20)30(32)31-27-17-25(37)13-7-21(27)15-29(33(31)38)19-4-10-23(35)11-5-19/h2-17H,1H3. The van der Waals surface area contributed by atoms with Crippen molar-refractivity contribution in [3.63, 3.8) is 0 Å². The summed E-state index contributed by atoms with van der Waals surface area (Å²) >= 11 is 14.7. The van der Waals surface area contributed by atoms with Gasteiger partial charge in [0.15, 0.2) is 0 Å². The number of halogens is 4. The highest BCUT2D eigenvalue weighted by molar-refractivity contribution is 9.11. The zero-order chi connectivity index (χ0) is 26.1. The van der Waals surface area contributed by atoms with Gasteiger partial charge in [0, 0.05) is 46.8 Å². The first-order chi connectivity index (χ1) is 18.4. The number of rotatable bonds is 2. The average Bonchev–Trinajstić information content (AvgIpc) is 3.23. The fourth-order valence-corrected chi connectivity index (χ4v) is 6.98.